The van der Waals surface area contributed by atoms with E-state index in [2.05, 4.69) is 36.3 Å². The molecule has 1 N–H and O–H groups in total. The van der Waals surface area contributed by atoms with Gasteiger partial charge in [-0.2, -0.15) is 0 Å². The maximum Gasteiger partial charge on any atom is 0.150 e. The quantitative estimate of drug-likeness (QED) is 0.936. The van der Waals surface area contributed by atoms with Crippen LogP contribution in [0.15, 0.2) is 18.2 Å². The van der Waals surface area contributed by atoms with Crippen LogP contribution >= 0.6 is 11.3 Å². The molecule has 1 heterocycles. The lowest BCUT2D eigenvalue weighted by atomic mass is 10.1. The second kappa shape index (κ2) is 5.97. The molecule has 0 amide bonds. The van der Waals surface area contributed by atoms with Crippen molar-refractivity contribution in [2.75, 3.05) is 6.54 Å². The van der Waals surface area contributed by atoms with Gasteiger partial charge in [-0.1, -0.05) is 17.4 Å². The van der Waals surface area contributed by atoms with Gasteiger partial charge >= 0.3 is 0 Å². The number of halogens is 1. The molecule has 0 atom stereocenters. The van der Waals surface area contributed by atoms with Gasteiger partial charge in [0.15, 0.2) is 5.01 Å². The van der Waals surface area contributed by atoms with Gasteiger partial charge in [-0.15, -0.1) is 10.2 Å². The van der Waals surface area contributed by atoms with Crippen LogP contribution in [0.5, 0.6) is 0 Å². The van der Waals surface area contributed by atoms with Crippen molar-refractivity contribution in [1.82, 2.24) is 15.5 Å². The van der Waals surface area contributed by atoms with Gasteiger partial charge < -0.3 is 5.32 Å². The van der Waals surface area contributed by atoms with Gasteiger partial charge in [-0.25, -0.2) is 4.39 Å². The lowest BCUT2D eigenvalue weighted by Crippen LogP contribution is -2.37. The number of nitrogens with one attached hydrogen (secondary N) is 1. The Morgan fingerprint density at radius 2 is 2.00 bits per heavy atom. The summed E-state index contributed by atoms with van der Waals surface area (Å²) >= 11 is 1.45. The molecule has 0 aliphatic heterocycles. The van der Waals surface area contributed by atoms with E-state index < -0.39 is 0 Å². The van der Waals surface area contributed by atoms with Crippen LogP contribution in [0.2, 0.25) is 0 Å². The highest BCUT2D eigenvalue weighted by Gasteiger charge is 2.12. The van der Waals surface area contributed by atoms with Gasteiger partial charge in [-0.3, -0.25) is 0 Å². The lowest BCUT2D eigenvalue weighted by Gasteiger charge is -2.19. The van der Waals surface area contributed by atoms with Crippen LogP contribution in [0.1, 0.15) is 31.3 Å². The molecule has 5 heteroatoms. The van der Waals surface area contributed by atoms with E-state index in [1.165, 1.54) is 17.4 Å². The van der Waals surface area contributed by atoms with Crippen LogP contribution in [-0.2, 0) is 6.42 Å². The Morgan fingerprint density at radius 3 is 2.65 bits per heavy atom. The number of hydrogen-bond donors (Lipinski definition) is 1. The van der Waals surface area contributed by atoms with E-state index in [1.807, 2.05) is 13.0 Å². The van der Waals surface area contributed by atoms with Crippen LogP contribution in [0, 0.1) is 12.7 Å². The van der Waals surface area contributed by atoms with Gasteiger partial charge in [0.05, 0.1) is 0 Å². The van der Waals surface area contributed by atoms with Gasteiger partial charge in [0, 0.05) is 24.1 Å². The highest BCUT2D eigenvalue weighted by molar-refractivity contribution is 7.14. The molecule has 2 rings (SSSR count). The molecule has 1 aromatic heterocycles. The fourth-order valence-electron chi connectivity index (χ4n) is 1.80. The van der Waals surface area contributed by atoms with E-state index in [1.54, 1.807) is 6.07 Å². The lowest BCUT2D eigenvalue weighted by molar-refractivity contribution is 0.429. The van der Waals surface area contributed by atoms with E-state index in [0.717, 1.165) is 23.5 Å². The van der Waals surface area contributed by atoms with E-state index in [9.17, 15) is 4.39 Å². The Labute approximate surface area is 123 Å². The molecule has 0 fully saturated rings. The minimum absolute atomic E-state index is 0.0938. The van der Waals surface area contributed by atoms with Crippen LogP contribution in [0.3, 0.4) is 0 Å². The maximum absolute atomic E-state index is 13.9. The zero-order valence-corrected chi connectivity index (χ0v) is 13.1. The first kappa shape index (κ1) is 15.1. The Balaban J connectivity index is 2.05. The molecular formula is C15H20FN3S. The Bertz CT molecular complexity index is 587. The first-order valence-electron chi connectivity index (χ1n) is 6.69. The third-order valence-corrected chi connectivity index (χ3v) is 3.83. The first-order valence-corrected chi connectivity index (χ1v) is 7.51. The minimum atomic E-state index is -0.236. The molecule has 108 valence electrons. The molecule has 0 aliphatic rings. The van der Waals surface area contributed by atoms with Crippen LogP contribution in [-0.4, -0.2) is 22.3 Å². The van der Waals surface area contributed by atoms with Crippen molar-refractivity contribution in [1.29, 1.82) is 0 Å². The highest BCUT2D eigenvalue weighted by Crippen LogP contribution is 2.26. The van der Waals surface area contributed by atoms with Crippen molar-refractivity contribution in [3.05, 3.63) is 34.6 Å². The molecule has 3 nitrogen and oxygen atoms in total. The third kappa shape index (κ3) is 4.08. The minimum Gasteiger partial charge on any atom is -0.312 e. The van der Waals surface area contributed by atoms with Crippen molar-refractivity contribution < 1.29 is 4.39 Å². The Morgan fingerprint density at radius 1 is 1.25 bits per heavy atom. The molecule has 1 aromatic carbocycles. The normalized spacial score (nSPS) is 11.8. The second-order valence-electron chi connectivity index (χ2n) is 5.91. The van der Waals surface area contributed by atoms with Gasteiger partial charge in [0.2, 0.25) is 0 Å². The van der Waals surface area contributed by atoms with Crippen molar-refractivity contribution in [2.24, 2.45) is 0 Å². The summed E-state index contributed by atoms with van der Waals surface area (Å²) in [7, 11) is 0. The predicted molar refractivity (Wildman–Crippen MR) is 81.5 cm³/mol. The van der Waals surface area contributed by atoms with E-state index >= 15 is 0 Å². The summed E-state index contributed by atoms with van der Waals surface area (Å²) in [6.07, 6.45) is 0.808. The standard InChI is InChI=1S/C15H20FN3S/c1-10-5-6-11(12(16)9-10)14-19-18-13(20-14)7-8-17-15(2,3)4/h5-6,9,17H,7-8H2,1-4H3. The molecule has 0 bridgehead atoms. The van der Waals surface area contributed by atoms with Gasteiger partial charge in [-0.05, 0) is 45.4 Å². The summed E-state index contributed by atoms with van der Waals surface area (Å²) in [6, 6.07) is 5.18. The Kier molecular flexibility index (Phi) is 4.50. The summed E-state index contributed by atoms with van der Waals surface area (Å²) in [4.78, 5) is 0. The van der Waals surface area contributed by atoms with Gasteiger partial charge in [0.1, 0.15) is 10.8 Å². The summed E-state index contributed by atoms with van der Waals surface area (Å²) < 4.78 is 13.9. The maximum atomic E-state index is 13.9. The molecule has 0 spiro atoms. The fourth-order valence-corrected chi connectivity index (χ4v) is 2.67. The van der Waals surface area contributed by atoms with E-state index in [4.69, 9.17) is 0 Å². The number of aryl methyl sites for hydroxylation is 1. The number of aromatic nitrogens is 2. The number of rotatable bonds is 4. The number of benzene rings is 1. The highest BCUT2D eigenvalue weighted by atomic mass is 32.1. The smallest absolute Gasteiger partial charge is 0.150 e. The molecule has 0 radical (unpaired) electrons. The molecule has 0 aliphatic carbocycles. The van der Waals surface area contributed by atoms with Crippen LogP contribution in [0.25, 0.3) is 10.6 Å². The summed E-state index contributed by atoms with van der Waals surface area (Å²) in [5.41, 5.74) is 1.53. The fraction of sp³-hybridized carbons (Fsp3) is 0.467. The molecule has 0 unspecified atom stereocenters. The molecule has 0 saturated heterocycles. The third-order valence-electron chi connectivity index (χ3n) is 2.82. The van der Waals surface area contributed by atoms with Crippen molar-refractivity contribution in [2.45, 2.75) is 39.7 Å². The summed E-state index contributed by atoms with van der Waals surface area (Å²) in [5, 5.41) is 13.2. The monoisotopic (exact) mass is 293 g/mol. The Hall–Kier alpha value is -1.33. The van der Waals surface area contributed by atoms with Crippen molar-refractivity contribution in [3.63, 3.8) is 0 Å². The molecule has 2 aromatic rings. The van der Waals surface area contributed by atoms with Crippen LogP contribution < -0.4 is 5.32 Å². The van der Waals surface area contributed by atoms with E-state index in [-0.39, 0.29) is 11.4 Å². The average Bonchev–Trinajstić information content (AvgIpc) is 2.75. The van der Waals surface area contributed by atoms with Crippen molar-refractivity contribution >= 4 is 11.3 Å². The molecule has 20 heavy (non-hydrogen) atoms. The van der Waals surface area contributed by atoms with Gasteiger partial charge in [0.25, 0.3) is 0 Å². The zero-order chi connectivity index (χ0) is 14.8. The summed E-state index contributed by atoms with van der Waals surface area (Å²) in [5.74, 6) is -0.236. The second-order valence-corrected chi connectivity index (χ2v) is 6.97. The zero-order valence-electron chi connectivity index (χ0n) is 12.3. The first-order chi connectivity index (χ1) is 9.35. The molecule has 0 saturated carbocycles. The van der Waals surface area contributed by atoms with Crippen molar-refractivity contribution in [3.8, 4) is 10.6 Å². The molecular weight excluding hydrogens is 273 g/mol. The van der Waals surface area contributed by atoms with E-state index in [0.29, 0.717) is 10.6 Å². The number of nitrogens with zero attached hydrogens (tertiary/aromatic N) is 2. The van der Waals surface area contributed by atoms with Crippen LogP contribution in [0.4, 0.5) is 4.39 Å². The summed E-state index contributed by atoms with van der Waals surface area (Å²) in [6.45, 7) is 9.09. The topological polar surface area (TPSA) is 37.8 Å². The largest absolute Gasteiger partial charge is 0.312 e. The predicted octanol–water partition coefficient (Wildman–Crippen LogP) is 3.58. The average molecular weight is 293 g/mol. The SMILES string of the molecule is Cc1ccc(-c2nnc(CCNC(C)(C)C)s2)c(F)c1. The number of hydrogen-bond acceptors (Lipinski definition) is 4.